The van der Waals surface area contributed by atoms with E-state index in [2.05, 4.69) is 5.32 Å². The SMILES string of the molecule is CNC(=O)[C@H](C)N(Cc1ccccc1)C(=O)CN(c1ccc(Cl)c(Cl)c1)S(=O)(=O)c1ccccc1. The van der Waals surface area contributed by atoms with Gasteiger partial charge in [0.1, 0.15) is 12.6 Å². The predicted molar refractivity (Wildman–Crippen MR) is 138 cm³/mol. The smallest absolute Gasteiger partial charge is 0.264 e. The van der Waals surface area contributed by atoms with Gasteiger partial charge < -0.3 is 10.2 Å². The van der Waals surface area contributed by atoms with Gasteiger partial charge in [0.05, 0.1) is 20.6 Å². The minimum Gasteiger partial charge on any atom is -0.357 e. The minimum atomic E-state index is -4.15. The van der Waals surface area contributed by atoms with E-state index in [1.165, 1.54) is 42.3 Å². The Morgan fingerprint density at radius 2 is 1.51 bits per heavy atom. The first-order valence-corrected chi connectivity index (χ1v) is 12.9. The highest BCUT2D eigenvalue weighted by Gasteiger charge is 2.32. The van der Waals surface area contributed by atoms with Crippen LogP contribution in [0.1, 0.15) is 12.5 Å². The van der Waals surface area contributed by atoms with Crippen LogP contribution in [-0.4, -0.2) is 44.8 Å². The molecule has 2 amide bonds. The first kappa shape index (κ1) is 26.5. The number of hydrogen-bond donors (Lipinski definition) is 1. The van der Waals surface area contributed by atoms with Gasteiger partial charge in [0.15, 0.2) is 0 Å². The van der Waals surface area contributed by atoms with Crippen molar-refractivity contribution < 1.29 is 18.0 Å². The summed E-state index contributed by atoms with van der Waals surface area (Å²) in [5.74, 6) is -0.934. The lowest BCUT2D eigenvalue weighted by molar-refractivity contribution is -0.139. The van der Waals surface area contributed by atoms with E-state index < -0.39 is 28.5 Å². The highest BCUT2D eigenvalue weighted by molar-refractivity contribution is 7.92. The Hall–Kier alpha value is -3.07. The molecular formula is C25H25Cl2N3O4S. The Bertz CT molecular complexity index is 1290. The summed E-state index contributed by atoms with van der Waals surface area (Å²) in [7, 11) is -2.68. The number of nitrogens with one attached hydrogen (secondary N) is 1. The van der Waals surface area contributed by atoms with Gasteiger partial charge >= 0.3 is 0 Å². The maximum absolute atomic E-state index is 13.6. The molecule has 0 fully saturated rings. The van der Waals surface area contributed by atoms with Crippen molar-refractivity contribution >= 4 is 50.7 Å². The first-order valence-electron chi connectivity index (χ1n) is 10.7. The lowest BCUT2D eigenvalue weighted by atomic mass is 10.1. The Morgan fingerprint density at radius 3 is 2.09 bits per heavy atom. The number of rotatable bonds is 9. The van der Waals surface area contributed by atoms with Gasteiger partial charge in [-0.15, -0.1) is 0 Å². The monoisotopic (exact) mass is 533 g/mol. The summed E-state index contributed by atoms with van der Waals surface area (Å²) in [6, 6.07) is 20.4. The van der Waals surface area contributed by atoms with Crippen molar-refractivity contribution in [2.24, 2.45) is 0 Å². The van der Waals surface area contributed by atoms with Crippen LogP contribution in [0.25, 0.3) is 0 Å². The van der Waals surface area contributed by atoms with Crippen molar-refractivity contribution in [3.8, 4) is 0 Å². The molecule has 0 saturated heterocycles. The molecule has 35 heavy (non-hydrogen) atoms. The van der Waals surface area contributed by atoms with Gasteiger partial charge in [-0.1, -0.05) is 71.7 Å². The van der Waals surface area contributed by atoms with Crippen molar-refractivity contribution in [2.45, 2.75) is 24.4 Å². The third-order valence-corrected chi connectivity index (χ3v) is 7.94. The molecule has 0 spiro atoms. The molecular weight excluding hydrogens is 509 g/mol. The van der Waals surface area contributed by atoms with Crippen molar-refractivity contribution in [1.29, 1.82) is 0 Å². The molecule has 0 aliphatic rings. The van der Waals surface area contributed by atoms with E-state index in [4.69, 9.17) is 23.2 Å². The van der Waals surface area contributed by atoms with Gasteiger partial charge in [-0.25, -0.2) is 8.42 Å². The van der Waals surface area contributed by atoms with Crippen molar-refractivity contribution in [1.82, 2.24) is 10.2 Å². The molecule has 3 aromatic carbocycles. The molecule has 10 heteroatoms. The number of likely N-dealkylation sites (N-methyl/N-ethyl adjacent to an activating group) is 1. The largest absolute Gasteiger partial charge is 0.357 e. The Kier molecular flexibility index (Phi) is 8.77. The van der Waals surface area contributed by atoms with Crippen molar-refractivity contribution in [3.63, 3.8) is 0 Å². The maximum atomic E-state index is 13.6. The van der Waals surface area contributed by atoms with Gasteiger partial charge in [-0.05, 0) is 42.8 Å². The van der Waals surface area contributed by atoms with Crippen LogP contribution in [0.3, 0.4) is 0 Å². The van der Waals surface area contributed by atoms with E-state index in [1.54, 1.807) is 25.1 Å². The zero-order valence-corrected chi connectivity index (χ0v) is 21.5. The zero-order chi connectivity index (χ0) is 25.6. The fourth-order valence-corrected chi connectivity index (χ4v) is 5.18. The quantitative estimate of drug-likeness (QED) is 0.442. The standard InChI is InChI=1S/C25H25Cl2N3O4S/c1-18(25(32)28-2)29(16-19-9-5-3-6-10-19)24(31)17-30(20-13-14-22(26)23(27)15-20)35(33,34)21-11-7-4-8-12-21/h3-15,18H,16-17H2,1-2H3,(H,28,32)/t18-/m0/s1. The van der Waals surface area contributed by atoms with Crippen LogP contribution in [0.4, 0.5) is 5.69 Å². The number of sulfonamides is 1. The van der Waals surface area contributed by atoms with Crippen molar-refractivity contribution in [2.75, 3.05) is 17.9 Å². The molecule has 0 aliphatic carbocycles. The Balaban J connectivity index is 2.04. The van der Waals surface area contributed by atoms with Gasteiger partial charge in [-0.2, -0.15) is 0 Å². The first-order chi connectivity index (χ1) is 16.6. The van der Waals surface area contributed by atoms with Crippen molar-refractivity contribution in [3.05, 3.63) is 94.5 Å². The maximum Gasteiger partial charge on any atom is 0.264 e. The topological polar surface area (TPSA) is 86.8 Å². The molecule has 3 rings (SSSR count). The molecule has 7 nitrogen and oxygen atoms in total. The van der Waals surface area contributed by atoms with Crippen LogP contribution >= 0.6 is 23.2 Å². The number of amides is 2. The Morgan fingerprint density at radius 1 is 0.914 bits per heavy atom. The van der Waals surface area contributed by atoms with E-state index in [1.807, 2.05) is 30.3 Å². The summed E-state index contributed by atoms with van der Waals surface area (Å²) in [4.78, 5) is 27.4. The van der Waals surface area contributed by atoms with Crippen LogP contribution in [0.2, 0.25) is 10.0 Å². The molecule has 0 radical (unpaired) electrons. The van der Waals surface area contributed by atoms with Crippen LogP contribution in [0, 0.1) is 0 Å². The van der Waals surface area contributed by atoms with E-state index in [-0.39, 0.29) is 33.1 Å². The average Bonchev–Trinajstić information content (AvgIpc) is 2.87. The molecule has 1 atom stereocenters. The molecule has 184 valence electrons. The average molecular weight is 534 g/mol. The summed E-state index contributed by atoms with van der Waals surface area (Å²) in [5.41, 5.74) is 0.965. The zero-order valence-electron chi connectivity index (χ0n) is 19.2. The molecule has 0 unspecified atom stereocenters. The van der Waals surface area contributed by atoms with Gasteiger partial charge in [0, 0.05) is 13.6 Å². The number of nitrogens with zero attached hydrogens (tertiary/aromatic N) is 2. The molecule has 0 saturated carbocycles. The second kappa shape index (κ2) is 11.6. The highest BCUT2D eigenvalue weighted by atomic mass is 35.5. The van der Waals surface area contributed by atoms with E-state index in [0.717, 1.165) is 9.87 Å². The van der Waals surface area contributed by atoms with E-state index >= 15 is 0 Å². The van der Waals surface area contributed by atoms with Gasteiger partial charge in [-0.3, -0.25) is 13.9 Å². The summed E-state index contributed by atoms with van der Waals surface area (Å²) >= 11 is 12.2. The molecule has 1 N–H and O–H groups in total. The highest BCUT2D eigenvalue weighted by Crippen LogP contribution is 2.30. The molecule has 0 bridgehead atoms. The van der Waals surface area contributed by atoms with Crippen LogP contribution in [-0.2, 0) is 26.2 Å². The molecule has 3 aromatic rings. The lowest BCUT2D eigenvalue weighted by Crippen LogP contribution is -2.50. The predicted octanol–water partition coefficient (Wildman–Crippen LogP) is 4.35. The van der Waals surface area contributed by atoms with Gasteiger partial charge in [0.2, 0.25) is 11.8 Å². The number of hydrogen-bond acceptors (Lipinski definition) is 4. The third kappa shape index (κ3) is 6.33. The van der Waals surface area contributed by atoms with Crippen LogP contribution < -0.4 is 9.62 Å². The second-order valence-electron chi connectivity index (χ2n) is 7.72. The number of carbonyl (C=O) groups excluding carboxylic acids is 2. The van der Waals surface area contributed by atoms with Crippen LogP contribution in [0.5, 0.6) is 0 Å². The molecule has 0 aromatic heterocycles. The summed E-state index contributed by atoms with van der Waals surface area (Å²) in [6.45, 7) is 1.16. The number of halogens is 2. The number of carbonyl (C=O) groups is 2. The van der Waals surface area contributed by atoms with E-state index in [0.29, 0.717) is 0 Å². The summed E-state index contributed by atoms with van der Waals surface area (Å²) in [5, 5.41) is 2.94. The summed E-state index contributed by atoms with van der Waals surface area (Å²) in [6.07, 6.45) is 0. The van der Waals surface area contributed by atoms with E-state index in [9.17, 15) is 18.0 Å². The number of anilines is 1. The second-order valence-corrected chi connectivity index (χ2v) is 10.4. The van der Waals surface area contributed by atoms with Crippen LogP contribution in [0.15, 0.2) is 83.8 Å². The fourth-order valence-electron chi connectivity index (χ4n) is 3.46. The fraction of sp³-hybridized carbons (Fsp3) is 0.200. The molecule has 0 aliphatic heterocycles. The number of benzene rings is 3. The normalized spacial score (nSPS) is 12.0. The summed E-state index contributed by atoms with van der Waals surface area (Å²) < 4.78 is 28.2. The third-order valence-electron chi connectivity index (χ3n) is 5.41. The Labute approximate surface area is 215 Å². The molecule has 0 heterocycles. The lowest BCUT2D eigenvalue weighted by Gasteiger charge is -2.31. The minimum absolute atomic E-state index is 0.00725. The van der Waals surface area contributed by atoms with Gasteiger partial charge in [0.25, 0.3) is 10.0 Å².